The number of rotatable bonds is 4. The first-order chi connectivity index (χ1) is 9.93. The van der Waals surface area contributed by atoms with Crippen LogP contribution in [0, 0.1) is 12.7 Å². The van der Waals surface area contributed by atoms with Crippen LogP contribution in [-0.4, -0.2) is 15.8 Å². The maximum atomic E-state index is 13.6. The standard InChI is InChI=1S/C14H9Cl2FN2O2/c1-3-21-12-7(2)4-8(17)5-9(12)11(20)10-6-18-14(16)19-13(10)15/h3-6H,1H2,2H3. The molecule has 0 aliphatic carbocycles. The minimum Gasteiger partial charge on any atom is -0.465 e. The zero-order valence-corrected chi connectivity index (χ0v) is 12.4. The highest BCUT2D eigenvalue weighted by Gasteiger charge is 2.21. The topological polar surface area (TPSA) is 52.1 Å². The molecule has 1 heterocycles. The first-order valence-corrected chi connectivity index (χ1v) is 6.50. The number of benzene rings is 1. The lowest BCUT2D eigenvalue weighted by molar-refractivity contribution is 0.103. The number of carbonyl (C=O) groups excluding carboxylic acids is 1. The third-order valence-corrected chi connectivity index (χ3v) is 3.11. The molecule has 0 bridgehead atoms. The number of ether oxygens (including phenoxy) is 1. The van der Waals surface area contributed by atoms with Crippen LogP contribution in [0.1, 0.15) is 21.5 Å². The molecule has 0 unspecified atom stereocenters. The lowest BCUT2D eigenvalue weighted by Gasteiger charge is -2.11. The minimum absolute atomic E-state index is 0.0000195. The molecule has 4 nitrogen and oxygen atoms in total. The summed E-state index contributed by atoms with van der Waals surface area (Å²) in [7, 11) is 0. The molecule has 1 aromatic heterocycles. The van der Waals surface area contributed by atoms with Crippen molar-refractivity contribution >= 4 is 29.0 Å². The van der Waals surface area contributed by atoms with E-state index in [1.807, 2.05) is 0 Å². The van der Waals surface area contributed by atoms with Crippen LogP contribution >= 0.6 is 23.2 Å². The maximum Gasteiger partial charge on any atom is 0.223 e. The largest absolute Gasteiger partial charge is 0.465 e. The molecule has 7 heteroatoms. The van der Waals surface area contributed by atoms with Gasteiger partial charge in [0.05, 0.1) is 17.4 Å². The summed E-state index contributed by atoms with van der Waals surface area (Å²) in [5, 5.41) is -0.207. The van der Waals surface area contributed by atoms with Gasteiger partial charge in [-0.25, -0.2) is 14.4 Å². The summed E-state index contributed by atoms with van der Waals surface area (Å²) in [5.74, 6) is -0.947. The Kier molecular flexibility index (Phi) is 4.55. The molecular formula is C14H9Cl2FN2O2. The summed E-state index contributed by atoms with van der Waals surface area (Å²) in [6.07, 6.45) is 2.33. The molecule has 0 atom stereocenters. The average Bonchev–Trinajstić information content (AvgIpc) is 2.41. The van der Waals surface area contributed by atoms with Crippen molar-refractivity contribution in [3.63, 3.8) is 0 Å². The molecule has 0 aliphatic rings. The van der Waals surface area contributed by atoms with Crippen LogP contribution < -0.4 is 4.74 Å². The summed E-state index contributed by atoms with van der Waals surface area (Å²) in [4.78, 5) is 19.9. The van der Waals surface area contributed by atoms with E-state index in [9.17, 15) is 9.18 Å². The highest BCUT2D eigenvalue weighted by Crippen LogP contribution is 2.29. The fourth-order valence-electron chi connectivity index (χ4n) is 1.78. The van der Waals surface area contributed by atoms with Crippen molar-refractivity contribution in [1.29, 1.82) is 0 Å². The molecule has 2 aromatic rings. The number of aromatic nitrogens is 2. The van der Waals surface area contributed by atoms with E-state index in [1.165, 1.54) is 12.3 Å². The lowest BCUT2D eigenvalue weighted by atomic mass is 10.0. The Bertz CT molecular complexity index is 735. The molecule has 0 saturated carbocycles. The van der Waals surface area contributed by atoms with E-state index in [0.717, 1.165) is 12.3 Å². The average molecular weight is 327 g/mol. The van der Waals surface area contributed by atoms with Gasteiger partial charge in [0.1, 0.15) is 16.7 Å². The number of aryl methyl sites for hydroxylation is 1. The highest BCUT2D eigenvalue weighted by atomic mass is 35.5. The van der Waals surface area contributed by atoms with E-state index in [1.54, 1.807) is 6.92 Å². The zero-order valence-electron chi connectivity index (χ0n) is 10.9. The van der Waals surface area contributed by atoms with Crippen molar-refractivity contribution in [1.82, 2.24) is 9.97 Å². The molecule has 21 heavy (non-hydrogen) atoms. The van der Waals surface area contributed by atoms with Crippen LogP contribution in [0.25, 0.3) is 0 Å². The summed E-state index contributed by atoms with van der Waals surface area (Å²) in [5.41, 5.74) is 0.449. The second kappa shape index (κ2) is 6.20. The zero-order chi connectivity index (χ0) is 15.6. The van der Waals surface area contributed by atoms with Crippen molar-refractivity contribution in [2.75, 3.05) is 0 Å². The van der Waals surface area contributed by atoms with Gasteiger partial charge in [0, 0.05) is 6.20 Å². The molecule has 0 spiro atoms. The van der Waals surface area contributed by atoms with Gasteiger partial charge in [0.15, 0.2) is 0 Å². The van der Waals surface area contributed by atoms with Gasteiger partial charge in [-0.15, -0.1) is 0 Å². The molecular weight excluding hydrogens is 318 g/mol. The molecule has 0 radical (unpaired) electrons. The molecule has 0 saturated heterocycles. The van der Waals surface area contributed by atoms with Crippen LogP contribution in [0.4, 0.5) is 4.39 Å². The van der Waals surface area contributed by atoms with Gasteiger partial charge in [-0.05, 0) is 36.2 Å². The third kappa shape index (κ3) is 3.20. The number of halogens is 3. The first kappa shape index (κ1) is 15.4. The Hall–Kier alpha value is -1.98. The number of hydrogen-bond acceptors (Lipinski definition) is 4. The quantitative estimate of drug-likeness (QED) is 0.369. The van der Waals surface area contributed by atoms with Gasteiger partial charge in [-0.2, -0.15) is 0 Å². The predicted octanol–water partition coefficient (Wildman–Crippen LogP) is 3.98. The summed E-state index contributed by atoms with van der Waals surface area (Å²) in [6, 6.07) is 2.30. The van der Waals surface area contributed by atoms with Gasteiger partial charge in [0.25, 0.3) is 0 Å². The second-order valence-electron chi connectivity index (χ2n) is 4.06. The normalized spacial score (nSPS) is 10.3. The van der Waals surface area contributed by atoms with E-state index in [0.29, 0.717) is 5.56 Å². The summed E-state index contributed by atoms with van der Waals surface area (Å²) >= 11 is 11.5. The van der Waals surface area contributed by atoms with E-state index in [-0.39, 0.29) is 27.3 Å². The van der Waals surface area contributed by atoms with E-state index >= 15 is 0 Å². The van der Waals surface area contributed by atoms with Crippen LogP contribution in [0.5, 0.6) is 5.75 Å². The molecule has 0 aliphatic heterocycles. The summed E-state index contributed by atoms with van der Waals surface area (Å²) < 4.78 is 18.8. The smallest absolute Gasteiger partial charge is 0.223 e. The number of ketones is 1. The summed E-state index contributed by atoms with van der Waals surface area (Å²) in [6.45, 7) is 5.04. The number of carbonyl (C=O) groups is 1. The van der Waals surface area contributed by atoms with Crippen molar-refractivity contribution in [2.45, 2.75) is 6.92 Å². The first-order valence-electron chi connectivity index (χ1n) is 5.74. The fourth-order valence-corrected chi connectivity index (χ4v) is 2.17. The third-order valence-electron chi connectivity index (χ3n) is 2.64. The van der Waals surface area contributed by atoms with Gasteiger partial charge >= 0.3 is 0 Å². The van der Waals surface area contributed by atoms with Crippen LogP contribution in [-0.2, 0) is 0 Å². The predicted molar refractivity (Wildman–Crippen MR) is 77.4 cm³/mol. The molecule has 0 amide bonds. The SMILES string of the molecule is C=COc1c(C)cc(F)cc1C(=O)c1cnc(Cl)nc1Cl. The Labute approximate surface area is 130 Å². The van der Waals surface area contributed by atoms with E-state index in [2.05, 4.69) is 16.5 Å². The fraction of sp³-hybridized carbons (Fsp3) is 0.0714. The number of nitrogens with zero attached hydrogens (tertiary/aromatic N) is 2. The Morgan fingerprint density at radius 2 is 2.10 bits per heavy atom. The van der Waals surface area contributed by atoms with Gasteiger partial charge in [-0.3, -0.25) is 4.79 Å². The number of hydrogen-bond donors (Lipinski definition) is 0. The monoisotopic (exact) mass is 326 g/mol. The van der Waals surface area contributed by atoms with Crippen molar-refractivity contribution in [2.24, 2.45) is 0 Å². The van der Waals surface area contributed by atoms with Gasteiger partial charge in [-0.1, -0.05) is 18.2 Å². The van der Waals surface area contributed by atoms with Crippen LogP contribution in [0.3, 0.4) is 0 Å². The molecule has 108 valence electrons. The van der Waals surface area contributed by atoms with Crippen LogP contribution in [0.2, 0.25) is 10.4 Å². The van der Waals surface area contributed by atoms with Crippen LogP contribution in [0.15, 0.2) is 31.2 Å². The highest BCUT2D eigenvalue weighted by molar-refractivity contribution is 6.35. The minimum atomic E-state index is -0.573. The molecule has 2 rings (SSSR count). The van der Waals surface area contributed by atoms with Gasteiger partial charge < -0.3 is 4.74 Å². The Morgan fingerprint density at radius 1 is 1.38 bits per heavy atom. The van der Waals surface area contributed by atoms with E-state index < -0.39 is 11.6 Å². The van der Waals surface area contributed by atoms with Crippen molar-refractivity contribution < 1.29 is 13.9 Å². The van der Waals surface area contributed by atoms with E-state index in [4.69, 9.17) is 27.9 Å². The maximum absolute atomic E-state index is 13.6. The Morgan fingerprint density at radius 3 is 2.71 bits per heavy atom. The van der Waals surface area contributed by atoms with Crippen molar-refractivity contribution in [3.05, 3.63) is 64.1 Å². The van der Waals surface area contributed by atoms with Crippen molar-refractivity contribution in [3.8, 4) is 5.75 Å². The lowest BCUT2D eigenvalue weighted by Crippen LogP contribution is -2.08. The molecule has 0 fully saturated rings. The second-order valence-corrected chi connectivity index (χ2v) is 4.75. The van der Waals surface area contributed by atoms with Gasteiger partial charge in [0.2, 0.25) is 11.1 Å². The Balaban J connectivity index is 2.59. The molecule has 1 aromatic carbocycles. The molecule has 0 N–H and O–H groups in total.